The van der Waals surface area contributed by atoms with Crippen molar-refractivity contribution in [2.24, 2.45) is 0 Å². The largest absolute Gasteiger partial charge is 0.365 e. The fourth-order valence-electron chi connectivity index (χ4n) is 1.79. The lowest BCUT2D eigenvalue weighted by molar-refractivity contribution is 0.100. The van der Waals surface area contributed by atoms with Gasteiger partial charge in [0.15, 0.2) is 5.78 Å². The van der Waals surface area contributed by atoms with Crippen LogP contribution in [0.3, 0.4) is 0 Å². The second-order valence-electron chi connectivity index (χ2n) is 4.24. The number of likely N-dealkylation sites (N-methyl/N-ethyl adjacent to an activating group) is 1. The summed E-state index contributed by atoms with van der Waals surface area (Å²) in [4.78, 5) is 13.6. The van der Waals surface area contributed by atoms with E-state index in [2.05, 4.69) is 0 Å². The highest BCUT2D eigenvalue weighted by atomic mass is 35.5. The molecule has 2 aromatic carbocycles. The topological polar surface area (TPSA) is 20.3 Å². The summed E-state index contributed by atoms with van der Waals surface area (Å²) in [6.07, 6.45) is 0. The van der Waals surface area contributed by atoms with Gasteiger partial charge in [0.25, 0.3) is 0 Å². The van der Waals surface area contributed by atoms with E-state index in [1.54, 1.807) is 54.4 Å². The SMILES string of the molecule is CN(CC(=O)c1ccc(Cl)cc1)c1ccccc1F. The van der Waals surface area contributed by atoms with E-state index < -0.39 is 0 Å². The van der Waals surface area contributed by atoms with Crippen LogP contribution < -0.4 is 4.90 Å². The van der Waals surface area contributed by atoms with Gasteiger partial charge in [-0.25, -0.2) is 4.39 Å². The van der Waals surface area contributed by atoms with Gasteiger partial charge in [-0.1, -0.05) is 23.7 Å². The Morgan fingerprint density at radius 2 is 1.79 bits per heavy atom. The van der Waals surface area contributed by atoms with E-state index >= 15 is 0 Å². The van der Waals surface area contributed by atoms with Crippen LogP contribution in [0.25, 0.3) is 0 Å². The van der Waals surface area contributed by atoms with Crippen molar-refractivity contribution in [1.29, 1.82) is 0 Å². The predicted octanol–water partition coefficient (Wildman–Crippen LogP) is 3.80. The molecule has 4 heteroatoms. The Balaban J connectivity index is 2.11. The van der Waals surface area contributed by atoms with Gasteiger partial charge in [-0.3, -0.25) is 4.79 Å². The summed E-state index contributed by atoms with van der Waals surface area (Å²) in [5, 5.41) is 0.582. The Kier molecular flexibility index (Phi) is 4.17. The van der Waals surface area contributed by atoms with E-state index in [9.17, 15) is 9.18 Å². The lowest BCUT2D eigenvalue weighted by atomic mass is 10.1. The number of anilines is 1. The third kappa shape index (κ3) is 3.32. The molecule has 98 valence electrons. The lowest BCUT2D eigenvalue weighted by Gasteiger charge is -2.18. The van der Waals surface area contributed by atoms with Crippen LogP contribution in [0.4, 0.5) is 10.1 Å². The molecule has 0 aliphatic rings. The number of rotatable bonds is 4. The molecule has 0 heterocycles. The molecule has 0 saturated heterocycles. The van der Waals surface area contributed by atoms with Crippen LogP contribution in [-0.4, -0.2) is 19.4 Å². The van der Waals surface area contributed by atoms with Crippen molar-refractivity contribution in [1.82, 2.24) is 0 Å². The van der Waals surface area contributed by atoms with Gasteiger partial charge in [0.05, 0.1) is 12.2 Å². The zero-order chi connectivity index (χ0) is 13.8. The number of halogens is 2. The predicted molar refractivity (Wildman–Crippen MR) is 75.5 cm³/mol. The smallest absolute Gasteiger partial charge is 0.182 e. The zero-order valence-corrected chi connectivity index (χ0v) is 11.2. The van der Waals surface area contributed by atoms with Crippen molar-refractivity contribution in [3.05, 3.63) is 64.9 Å². The molecule has 0 N–H and O–H groups in total. The Labute approximate surface area is 116 Å². The van der Waals surface area contributed by atoms with E-state index in [1.165, 1.54) is 6.07 Å². The van der Waals surface area contributed by atoms with Crippen LogP contribution in [0, 0.1) is 5.82 Å². The van der Waals surface area contributed by atoms with Gasteiger partial charge < -0.3 is 4.90 Å². The highest BCUT2D eigenvalue weighted by Gasteiger charge is 2.12. The minimum absolute atomic E-state index is 0.0811. The minimum Gasteiger partial charge on any atom is -0.365 e. The standard InChI is InChI=1S/C15H13ClFNO/c1-18(14-5-3-2-4-13(14)17)10-15(19)11-6-8-12(16)9-7-11/h2-9H,10H2,1H3. The molecule has 0 unspecified atom stereocenters. The number of benzene rings is 2. The number of hydrogen-bond acceptors (Lipinski definition) is 2. The fraction of sp³-hybridized carbons (Fsp3) is 0.133. The number of para-hydroxylation sites is 1. The summed E-state index contributed by atoms with van der Waals surface area (Å²) in [5.41, 5.74) is 0.970. The quantitative estimate of drug-likeness (QED) is 0.793. The van der Waals surface area contributed by atoms with Crippen molar-refractivity contribution in [3.8, 4) is 0 Å². The number of ketones is 1. The molecular weight excluding hydrogens is 265 g/mol. The monoisotopic (exact) mass is 277 g/mol. The third-order valence-electron chi connectivity index (χ3n) is 2.81. The molecule has 0 aliphatic carbocycles. The summed E-state index contributed by atoms with van der Waals surface area (Å²) >= 11 is 5.77. The van der Waals surface area contributed by atoms with E-state index in [1.807, 2.05) is 0 Å². The van der Waals surface area contributed by atoms with Crippen molar-refractivity contribution < 1.29 is 9.18 Å². The fourth-order valence-corrected chi connectivity index (χ4v) is 1.91. The lowest BCUT2D eigenvalue weighted by Crippen LogP contribution is -2.26. The Morgan fingerprint density at radius 3 is 2.42 bits per heavy atom. The molecular formula is C15H13ClFNO. The summed E-state index contributed by atoms with van der Waals surface area (Å²) in [7, 11) is 1.69. The van der Waals surface area contributed by atoms with Gasteiger partial charge in [0.1, 0.15) is 5.82 Å². The van der Waals surface area contributed by atoms with E-state index in [-0.39, 0.29) is 18.1 Å². The Morgan fingerprint density at radius 1 is 1.16 bits per heavy atom. The maximum atomic E-state index is 13.6. The molecule has 2 aromatic rings. The van der Waals surface area contributed by atoms with Gasteiger partial charge in [-0.2, -0.15) is 0 Å². The van der Waals surface area contributed by atoms with Gasteiger partial charge >= 0.3 is 0 Å². The second-order valence-corrected chi connectivity index (χ2v) is 4.67. The van der Waals surface area contributed by atoms with Gasteiger partial charge in [-0.15, -0.1) is 0 Å². The van der Waals surface area contributed by atoms with Crippen LogP contribution in [0.1, 0.15) is 10.4 Å². The number of hydrogen-bond donors (Lipinski definition) is 0. The van der Waals surface area contributed by atoms with Gasteiger partial charge in [0, 0.05) is 17.6 Å². The third-order valence-corrected chi connectivity index (χ3v) is 3.06. The van der Waals surface area contributed by atoms with Crippen molar-refractivity contribution >= 4 is 23.1 Å². The molecule has 2 rings (SSSR count). The molecule has 0 amide bonds. The number of Topliss-reactive ketones (excluding diaryl/α,β-unsaturated/α-hetero) is 1. The number of carbonyl (C=O) groups is 1. The summed E-state index contributed by atoms with van der Waals surface area (Å²) in [6.45, 7) is 0.114. The van der Waals surface area contributed by atoms with Crippen molar-refractivity contribution in [2.75, 3.05) is 18.5 Å². The zero-order valence-electron chi connectivity index (χ0n) is 10.4. The summed E-state index contributed by atoms with van der Waals surface area (Å²) in [5.74, 6) is -0.420. The first kappa shape index (κ1) is 13.6. The molecule has 0 bridgehead atoms. The summed E-state index contributed by atoms with van der Waals surface area (Å²) < 4.78 is 13.6. The van der Waals surface area contributed by atoms with Gasteiger partial charge in [0.2, 0.25) is 0 Å². The molecule has 19 heavy (non-hydrogen) atoms. The van der Waals surface area contributed by atoms with Crippen molar-refractivity contribution in [3.63, 3.8) is 0 Å². The van der Waals surface area contributed by atoms with Gasteiger partial charge in [-0.05, 0) is 36.4 Å². The molecule has 0 atom stereocenters. The molecule has 0 spiro atoms. The maximum absolute atomic E-state index is 13.6. The van der Waals surface area contributed by atoms with Crippen LogP contribution in [0.2, 0.25) is 5.02 Å². The van der Waals surface area contributed by atoms with Crippen molar-refractivity contribution in [2.45, 2.75) is 0 Å². The van der Waals surface area contributed by atoms with Crippen LogP contribution in [0.5, 0.6) is 0 Å². The first-order valence-corrected chi connectivity index (χ1v) is 6.20. The average molecular weight is 278 g/mol. The highest BCUT2D eigenvalue weighted by Crippen LogP contribution is 2.18. The summed E-state index contributed by atoms with van der Waals surface area (Å²) in [6, 6.07) is 13.0. The van der Waals surface area contributed by atoms with Crippen LogP contribution in [0.15, 0.2) is 48.5 Å². The normalized spacial score (nSPS) is 10.3. The second kappa shape index (κ2) is 5.85. The number of carbonyl (C=O) groups excluding carboxylic acids is 1. The first-order valence-electron chi connectivity index (χ1n) is 5.82. The number of nitrogens with zero attached hydrogens (tertiary/aromatic N) is 1. The van der Waals surface area contributed by atoms with Crippen LogP contribution >= 0.6 is 11.6 Å². The Bertz CT molecular complexity index is 583. The molecule has 0 radical (unpaired) electrons. The minimum atomic E-state index is -0.339. The molecule has 0 fully saturated rings. The molecule has 0 aliphatic heterocycles. The van der Waals surface area contributed by atoms with Crippen LogP contribution in [-0.2, 0) is 0 Å². The maximum Gasteiger partial charge on any atom is 0.182 e. The Hall–Kier alpha value is -1.87. The first-order chi connectivity index (χ1) is 9.08. The van der Waals surface area contributed by atoms with E-state index in [0.717, 1.165) is 0 Å². The van der Waals surface area contributed by atoms with E-state index in [4.69, 9.17) is 11.6 Å². The molecule has 0 saturated carbocycles. The van der Waals surface area contributed by atoms with E-state index in [0.29, 0.717) is 16.3 Å². The molecule has 0 aromatic heterocycles. The molecule has 2 nitrogen and oxygen atoms in total. The average Bonchev–Trinajstić information content (AvgIpc) is 2.39. The highest BCUT2D eigenvalue weighted by molar-refractivity contribution is 6.30.